The predicted octanol–water partition coefficient (Wildman–Crippen LogP) is 3.40. The fraction of sp³-hybridized carbons (Fsp3) is 0.474. The topological polar surface area (TPSA) is 71.2 Å². The summed E-state index contributed by atoms with van der Waals surface area (Å²) in [6.07, 6.45) is 2.82. The summed E-state index contributed by atoms with van der Waals surface area (Å²) < 4.78 is 0. The molecule has 0 aliphatic carbocycles. The second kappa shape index (κ2) is 8.56. The standard InChI is InChI=1S/C19H26N4OS/c1-14-6-5-9-23(11-14)12-16-13-25-19(21-16)22-18(24)10-17(20)15-7-3-2-4-8-15/h2-4,7-8,13-14,17H,5-6,9-12,20H2,1H3,(H,21,22,24). The van der Waals surface area contributed by atoms with E-state index in [0.717, 1.165) is 36.8 Å². The van der Waals surface area contributed by atoms with Gasteiger partial charge in [0.25, 0.3) is 0 Å². The minimum Gasteiger partial charge on any atom is -0.324 e. The lowest BCUT2D eigenvalue weighted by molar-refractivity contribution is -0.116. The number of nitrogens with two attached hydrogens (primary N) is 1. The highest BCUT2D eigenvalue weighted by Crippen LogP contribution is 2.21. The van der Waals surface area contributed by atoms with Crippen molar-refractivity contribution in [2.75, 3.05) is 18.4 Å². The van der Waals surface area contributed by atoms with Gasteiger partial charge in [-0.25, -0.2) is 4.98 Å². The quantitative estimate of drug-likeness (QED) is 0.830. The molecule has 1 amide bonds. The SMILES string of the molecule is CC1CCCN(Cc2csc(NC(=O)CC(N)c3ccccc3)n2)C1. The van der Waals surface area contributed by atoms with Gasteiger partial charge in [-0.15, -0.1) is 11.3 Å². The molecule has 1 saturated heterocycles. The van der Waals surface area contributed by atoms with Crippen molar-refractivity contribution in [3.8, 4) is 0 Å². The Morgan fingerprint density at radius 3 is 3.00 bits per heavy atom. The van der Waals surface area contributed by atoms with Crippen molar-refractivity contribution in [1.29, 1.82) is 0 Å². The fourth-order valence-electron chi connectivity index (χ4n) is 3.28. The van der Waals surface area contributed by atoms with Gasteiger partial charge in [0.05, 0.1) is 5.69 Å². The minimum absolute atomic E-state index is 0.0937. The average molecular weight is 359 g/mol. The Hall–Kier alpha value is -1.76. The largest absolute Gasteiger partial charge is 0.324 e. The number of carbonyl (C=O) groups excluding carboxylic acids is 1. The Balaban J connectivity index is 1.50. The molecule has 2 unspecified atom stereocenters. The monoisotopic (exact) mass is 358 g/mol. The zero-order chi connectivity index (χ0) is 17.6. The highest BCUT2D eigenvalue weighted by Gasteiger charge is 2.18. The fourth-order valence-corrected chi connectivity index (χ4v) is 4.00. The molecule has 0 spiro atoms. The lowest BCUT2D eigenvalue weighted by Gasteiger charge is -2.30. The molecule has 3 rings (SSSR count). The van der Waals surface area contributed by atoms with Crippen molar-refractivity contribution in [1.82, 2.24) is 9.88 Å². The predicted molar refractivity (Wildman–Crippen MR) is 102 cm³/mol. The van der Waals surface area contributed by atoms with Crippen LogP contribution in [0.1, 0.15) is 43.5 Å². The molecule has 134 valence electrons. The van der Waals surface area contributed by atoms with Crippen LogP contribution in [0.4, 0.5) is 5.13 Å². The number of hydrogen-bond donors (Lipinski definition) is 2. The maximum absolute atomic E-state index is 12.2. The van der Waals surface area contributed by atoms with Gasteiger partial charge in [0.15, 0.2) is 5.13 Å². The molecule has 1 aromatic carbocycles. The van der Waals surface area contributed by atoms with E-state index in [9.17, 15) is 4.79 Å². The molecule has 2 atom stereocenters. The molecule has 25 heavy (non-hydrogen) atoms. The second-order valence-corrected chi connectivity index (χ2v) is 7.75. The lowest BCUT2D eigenvalue weighted by Crippen LogP contribution is -2.33. The van der Waals surface area contributed by atoms with Crippen LogP contribution in [0.3, 0.4) is 0 Å². The number of thiazole rings is 1. The van der Waals surface area contributed by atoms with Crippen LogP contribution in [0.15, 0.2) is 35.7 Å². The summed E-state index contributed by atoms with van der Waals surface area (Å²) in [6.45, 7) is 5.43. The number of nitrogens with zero attached hydrogens (tertiary/aromatic N) is 2. The Morgan fingerprint density at radius 2 is 2.24 bits per heavy atom. The van der Waals surface area contributed by atoms with Crippen LogP contribution in [-0.2, 0) is 11.3 Å². The first-order chi connectivity index (χ1) is 12.1. The molecule has 2 heterocycles. The molecule has 6 heteroatoms. The van der Waals surface area contributed by atoms with Crippen LogP contribution >= 0.6 is 11.3 Å². The van der Waals surface area contributed by atoms with Gasteiger partial charge < -0.3 is 11.1 Å². The van der Waals surface area contributed by atoms with E-state index in [1.165, 1.54) is 24.2 Å². The third-order valence-corrected chi connectivity index (χ3v) is 5.36. The maximum Gasteiger partial charge on any atom is 0.228 e. The Labute approximate surface area is 153 Å². The third kappa shape index (κ3) is 5.36. The van der Waals surface area contributed by atoms with Gasteiger partial charge in [-0.05, 0) is 30.9 Å². The molecular weight excluding hydrogens is 332 g/mol. The summed E-state index contributed by atoms with van der Waals surface area (Å²) in [4.78, 5) is 19.2. The molecular formula is C19H26N4OS. The van der Waals surface area contributed by atoms with E-state index in [2.05, 4.69) is 22.1 Å². The van der Waals surface area contributed by atoms with E-state index < -0.39 is 0 Å². The van der Waals surface area contributed by atoms with Gasteiger partial charge in [-0.1, -0.05) is 37.3 Å². The molecule has 5 nitrogen and oxygen atoms in total. The summed E-state index contributed by atoms with van der Waals surface area (Å²) >= 11 is 1.48. The van der Waals surface area contributed by atoms with E-state index in [0.29, 0.717) is 5.13 Å². The van der Waals surface area contributed by atoms with Gasteiger partial charge in [-0.2, -0.15) is 0 Å². The molecule has 1 aromatic heterocycles. The molecule has 3 N–H and O–H groups in total. The molecule has 1 aliphatic rings. The summed E-state index contributed by atoms with van der Waals surface area (Å²) in [5, 5.41) is 5.57. The van der Waals surface area contributed by atoms with E-state index in [-0.39, 0.29) is 18.4 Å². The van der Waals surface area contributed by atoms with E-state index in [4.69, 9.17) is 5.73 Å². The number of hydrogen-bond acceptors (Lipinski definition) is 5. The first kappa shape index (κ1) is 18.0. The second-order valence-electron chi connectivity index (χ2n) is 6.90. The van der Waals surface area contributed by atoms with Gasteiger partial charge in [-0.3, -0.25) is 9.69 Å². The minimum atomic E-state index is -0.296. The number of carbonyl (C=O) groups is 1. The number of amides is 1. The number of benzene rings is 1. The molecule has 2 aromatic rings. The highest BCUT2D eigenvalue weighted by molar-refractivity contribution is 7.13. The van der Waals surface area contributed by atoms with Crippen molar-refractivity contribution in [3.05, 3.63) is 47.0 Å². The Kier molecular flexibility index (Phi) is 6.18. The number of rotatable bonds is 6. The first-order valence-electron chi connectivity index (χ1n) is 8.87. The molecule has 0 saturated carbocycles. The number of nitrogens with one attached hydrogen (secondary N) is 1. The number of aromatic nitrogens is 1. The summed E-state index contributed by atoms with van der Waals surface area (Å²) in [7, 11) is 0. The van der Waals surface area contributed by atoms with Crippen molar-refractivity contribution in [2.45, 2.75) is 38.8 Å². The Bertz CT molecular complexity index is 688. The number of anilines is 1. The number of likely N-dealkylation sites (tertiary alicyclic amines) is 1. The van der Waals surface area contributed by atoms with Crippen molar-refractivity contribution >= 4 is 22.4 Å². The van der Waals surface area contributed by atoms with Crippen LogP contribution in [0.2, 0.25) is 0 Å². The van der Waals surface area contributed by atoms with Crippen LogP contribution in [0.5, 0.6) is 0 Å². The van der Waals surface area contributed by atoms with Gasteiger partial charge in [0, 0.05) is 30.9 Å². The average Bonchev–Trinajstić information content (AvgIpc) is 3.02. The van der Waals surface area contributed by atoms with E-state index in [1.54, 1.807) is 0 Å². The molecule has 0 radical (unpaired) electrons. The van der Waals surface area contributed by atoms with Gasteiger partial charge >= 0.3 is 0 Å². The van der Waals surface area contributed by atoms with Gasteiger partial charge in [0.2, 0.25) is 5.91 Å². The lowest BCUT2D eigenvalue weighted by atomic mass is 10.0. The molecule has 1 fully saturated rings. The van der Waals surface area contributed by atoms with Crippen molar-refractivity contribution in [2.24, 2.45) is 11.7 Å². The summed E-state index contributed by atoms with van der Waals surface area (Å²) in [6, 6.07) is 9.40. The normalized spacial score (nSPS) is 19.5. The van der Waals surface area contributed by atoms with Crippen molar-refractivity contribution in [3.63, 3.8) is 0 Å². The van der Waals surface area contributed by atoms with Crippen LogP contribution in [0.25, 0.3) is 0 Å². The Morgan fingerprint density at radius 1 is 1.44 bits per heavy atom. The van der Waals surface area contributed by atoms with Crippen LogP contribution in [0, 0.1) is 5.92 Å². The smallest absolute Gasteiger partial charge is 0.228 e. The summed E-state index contributed by atoms with van der Waals surface area (Å²) in [5.74, 6) is 0.662. The maximum atomic E-state index is 12.2. The number of piperidine rings is 1. The zero-order valence-corrected chi connectivity index (χ0v) is 15.5. The zero-order valence-electron chi connectivity index (χ0n) is 14.6. The van der Waals surface area contributed by atoms with Gasteiger partial charge in [0.1, 0.15) is 0 Å². The van der Waals surface area contributed by atoms with Crippen LogP contribution in [-0.4, -0.2) is 28.9 Å². The van der Waals surface area contributed by atoms with Crippen LogP contribution < -0.4 is 11.1 Å². The highest BCUT2D eigenvalue weighted by atomic mass is 32.1. The van der Waals surface area contributed by atoms with E-state index >= 15 is 0 Å². The van der Waals surface area contributed by atoms with E-state index in [1.807, 2.05) is 35.7 Å². The molecule has 0 bridgehead atoms. The van der Waals surface area contributed by atoms with Crippen molar-refractivity contribution < 1.29 is 4.79 Å². The summed E-state index contributed by atoms with van der Waals surface area (Å²) in [5.41, 5.74) is 8.11. The molecule has 1 aliphatic heterocycles. The first-order valence-corrected chi connectivity index (χ1v) is 9.75. The third-order valence-electron chi connectivity index (χ3n) is 4.56.